The highest BCUT2D eigenvalue weighted by atomic mass is 32.2. The van der Waals surface area contributed by atoms with Gasteiger partial charge < -0.3 is 5.32 Å². The van der Waals surface area contributed by atoms with Gasteiger partial charge in [-0.3, -0.25) is 0 Å². The summed E-state index contributed by atoms with van der Waals surface area (Å²) < 4.78 is 27.2. The highest BCUT2D eigenvalue weighted by molar-refractivity contribution is 7.89. The number of benzene rings is 1. The maximum Gasteiger partial charge on any atom is 0.243 e. The van der Waals surface area contributed by atoms with Gasteiger partial charge in [-0.05, 0) is 43.0 Å². The van der Waals surface area contributed by atoms with E-state index in [1.165, 1.54) is 0 Å². The van der Waals surface area contributed by atoms with Crippen molar-refractivity contribution in [1.29, 1.82) is 0 Å². The number of sulfonamides is 1. The van der Waals surface area contributed by atoms with E-state index < -0.39 is 10.0 Å². The Hall–Kier alpha value is -0.910. The van der Waals surface area contributed by atoms with Crippen molar-refractivity contribution in [2.24, 2.45) is 5.41 Å². The topological polar surface area (TPSA) is 49.4 Å². The van der Waals surface area contributed by atoms with Crippen LogP contribution in [-0.4, -0.2) is 32.9 Å². The van der Waals surface area contributed by atoms with Crippen LogP contribution in [0, 0.1) is 5.41 Å². The number of nitrogens with one attached hydrogen (secondary N) is 1. The number of hydrogen-bond donors (Lipinski definition) is 1. The molecule has 0 spiro atoms. The molecule has 5 heteroatoms. The second-order valence-corrected chi connectivity index (χ2v) is 8.51. The summed E-state index contributed by atoms with van der Waals surface area (Å²) in [5.74, 6) is 0. The Labute approximate surface area is 128 Å². The van der Waals surface area contributed by atoms with Crippen LogP contribution in [0.15, 0.2) is 29.2 Å². The number of nitrogens with zero attached hydrogens (tertiary/aromatic N) is 1. The number of rotatable bonds is 5. The molecule has 0 amide bonds. The van der Waals surface area contributed by atoms with Gasteiger partial charge in [-0.25, -0.2) is 8.42 Å². The van der Waals surface area contributed by atoms with E-state index >= 15 is 0 Å². The van der Waals surface area contributed by atoms with E-state index in [-0.39, 0.29) is 11.5 Å². The molecule has 21 heavy (non-hydrogen) atoms. The zero-order valence-corrected chi connectivity index (χ0v) is 14.2. The van der Waals surface area contributed by atoms with Gasteiger partial charge in [0, 0.05) is 19.1 Å². The van der Waals surface area contributed by atoms with E-state index in [1.54, 1.807) is 10.4 Å². The number of hydrogen-bond acceptors (Lipinski definition) is 3. The first-order valence-electron chi connectivity index (χ1n) is 7.57. The highest BCUT2D eigenvalue weighted by Crippen LogP contribution is 2.33. The molecule has 0 bridgehead atoms. The molecule has 0 radical (unpaired) electrons. The van der Waals surface area contributed by atoms with Gasteiger partial charge in [-0.2, -0.15) is 4.31 Å². The zero-order valence-electron chi connectivity index (χ0n) is 13.4. The molecular weight excluding hydrogens is 284 g/mol. The minimum atomic E-state index is -3.38. The molecule has 0 aromatic heterocycles. The van der Waals surface area contributed by atoms with Crippen LogP contribution in [0.5, 0.6) is 0 Å². The standard InChI is InChI=1S/C16H26N2O2S/c1-5-15(17-4)13-7-6-8-14(11-13)21(19,20)18-10-9-16(2,3)12-18/h6-8,11,15,17H,5,9-10,12H2,1-4H3. The van der Waals surface area contributed by atoms with Gasteiger partial charge in [0.15, 0.2) is 0 Å². The summed E-state index contributed by atoms with van der Waals surface area (Å²) in [6, 6.07) is 7.52. The molecule has 0 saturated carbocycles. The fourth-order valence-corrected chi connectivity index (χ4v) is 4.60. The Bertz CT molecular complexity index is 592. The third-order valence-electron chi connectivity index (χ3n) is 4.30. The van der Waals surface area contributed by atoms with Gasteiger partial charge in [-0.1, -0.05) is 32.9 Å². The van der Waals surface area contributed by atoms with Gasteiger partial charge in [-0.15, -0.1) is 0 Å². The minimum Gasteiger partial charge on any atom is -0.313 e. The van der Waals surface area contributed by atoms with Crippen molar-refractivity contribution in [3.8, 4) is 0 Å². The lowest BCUT2D eigenvalue weighted by atomic mass is 9.93. The van der Waals surface area contributed by atoms with E-state index in [4.69, 9.17) is 0 Å². The molecule has 1 aliphatic heterocycles. The predicted octanol–water partition coefficient (Wildman–Crippen LogP) is 2.78. The molecular formula is C16H26N2O2S. The SMILES string of the molecule is CCC(NC)c1cccc(S(=O)(=O)N2CCC(C)(C)C2)c1. The second-order valence-electron chi connectivity index (χ2n) is 6.57. The smallest absolute Gasteiger partial charge is 0.243 e. The summed E-state index contributed by atoms with van der Waals surface area (Å²) >= 11 is 0. The minimum absolute atomic E-state index is 0.0710. The highest BCUT2D eigenvalue weighted by Gasteiger charge is 2.36. The molecule has 1 N–H and O–H groups in total. The van der Waals surface area contributed by atoms with Crippen molar-refractivity contribution in [3.63, 3.8) is 0 Å². The van der Waals surface area contributed by atoms with E-state index in [2.05, 4.69) is 26.1 Å². The maximum absolute atomic E-state index is 12.8. The van der Waals surface area contributed by atoms with Crippen molar-refractivity contribution in [3.05, 3.63) is 29.8 Å². The van der Waals surface area contributed by atoms with Gasteiger partial charge in [0.25, 0.3) is 0 Å². The van der Waals surface area contributed by atoms with Crippen LogP contribution in [0.4, 0.5) is 0 Å². The molecule has 1 aliphatic rings. The summed E-state index contributed by atoms with van der Waals surface area (Å²) in [6.45, 7) is 7.54. The Kier molecular flexibility index (Phi) is 4.76. The molecule has 1 saturated heterocycles. The second kappa shape index (κ2) is 6.07. The van der Waals surface area contributed by atoms with Crippen LogP contribution < -0.4 is 5.32 Å². The fourth-order valence-electron chi connectivity index (χ4n) is 2.92. The largest absolute Gasteiger partial charge is 0.313 e. The lowest BCUT2D eigenvalue weighted by Gasteiger charge is -2.21. The van der Waals surface area contributed by atoms with Gasteiger partial charge in [0.2, 0.25) is 10.0 Å². The molecule has 1 aromatic carbocycles. The van der Waals surface area contributed by atoms with E-state index in [9.17, 15) is 8.42 Å². The summed E-state index contributed by atoms with van der Waals surface area (Å²) in [6.07, 6.45) is 1.84. The van der Waals surface area contributed by atoms with Crippen molar-refractivity contribution in [2.75, 3.05) is 20.1 Å². The Balaban J connectivity index is 2.31. The normalized spacial score (nSPS) is 20.6. The van der Waals surface area contributed by atoms with Crippen molar-refractivity contribution >= 4 is 10.0 Å². The third kappa shape index (κ3) is 3.47. The van der Waals surface area contributed by atoms with Crippen LogP contribution in [0.2, 0.25) is 0 Å². The maximum atomic E-state index is 12.8. The molecule has 1 unspecified atom stereocenters. The first-order valence-corrected chi connectivity index (χ1v) is 9.01. The molecule has 1 heterocycles. The lowest BCUT2D eigenvalue weighted by molar-refractivity contribution is 0.375. The molecule has 0 aliphatic carbocycles. The van der Waals surface area contributed by atoms with Crippen LogP contribution in [-0.2, 0) is 10.0 Å². The molecule has 1 aromatic rings. The average Bonchev–Trinajstić information content (AvgIpc) is 2.81. The summed E-state index contributed by atoms with van der Waals surface area (Å²) in [5, 5.41) is 3.22. The summed E-state index contributed by atoms with van der Waals surface area (Å²) in [7, 11) is -1.48. The fraction of sp³-hybridized carbons (Fsp3) is 0.625. The van der Waals surface area contributed by atoms with Gasteiger partial charge in [0.1, 0.15) is 0 Å². The molecule has 4 nitrogen and oxygen atoms in total. The molecule has 2 rings (SSSR count). The first kappa shape index (κ1) is 16.5. The summed E-state index contributed by atoms with van der Waals surface area (Å²) in [4.78, 5) is 0.409. The Morgan fingerprint density at radius 1 is 1.38 bits per heavy atom. The van der Waals surface area contributed by atoms with Gasteiger partial charge >= 0.3 is 0 Å². The van der Waals surface area contributed by atoms with E-state index in [0.29, 0.717) is 18.0 Å². The Morgan fingerprint density at radius 3 is 2.62 bits per heavy atom. The molecule has 118 valence electrons. The van der Waals surface area contributed by atoms with Crippen LogP contribution in [0.1, 0.15) is 45.2 Å². The molecule has 1 fully saturated rings. The van der Waals surface area contributed by atoms with Crippen molar-refractivity contribution < 1.29 is 8.42 Å². The lowest BCUT2D eigenvalue weighted by Crippen LogP contribution is -2.30. The average molecular weight is 310 g/mol. The van der Waals surface area contributed by atoms with E-state index in [0.717, 1.165) is 18.4 Å². The van der Waals surface area contributed by atoms with Crippen molar-refractivity contribution in [1.82, 2.24) is 9.62 Å². The first-order chi connectivity index (χ1) is 9.80. The van der Waals surface area contributed by atoms with Crippen LogP contribution in [0.25, 0.3) is 0 Å². The monoisotopic (exact) mass is 310 g/mol. The zero-order chi connectivity index (χ0) is 15.7. The predicted molar refractivity (Wildman–Crippen MR) is 85.7 cm³/mol. The van der Waals surface area contributed by atoms with Crippen molar-refractivity contribution in [2.45, 2.75) is 44.6 Å². The van der Waals surface area contributed by atoms with Crippen LogP contribution in [0.3, 0.4) is 0 Å². The van der Waals surface area contributed by atoms with Gasteiger partial charge in [0.05, 0.1) is 4.90 Å². The summed E-state index contributed by atoms with van der Waals surface area (Å²) in [5.41, 5.74) is 1.10. The Morgan fingerprint density at radius 2 is 2.10 bits per heavy atom. The molecule has 1 atom stereocenters. The quantitative estimate of drug-likeness (QED) is 0.910. The van der Waals surface area contributed by atoms with E-state index in [1.807, 2.05) is 25.2 Å². The van der Waals surface area contributed by atoms with Crippen LogP contribution >= 0.6 is 0 Å². The third-order valence-corrected chi connectivity index (χ3v) is 6.14.